The van der Waals surface area contributed by atoms with Crippen LogP contribution in [-0.4, -0.2) is 23.2 Å². The summed E-state index contributed by atoms with van der Waals surface area (Å²) in [4.78, 5) is 14.9. The summed E-state index contributed by atoms with van der Waals surface area (Å²) < 4.78 is 5.25. The highest BCUT2D eigenvalue weighted by atomic mass is 16.5. The Kier molecular flexibility index (Phi) is 4.00. The van der Waals surface area contributed by atoms with Gasteiger partial charge in [0.25, 0.3) is 0 Å². The molecule has 19 heavy (non-hydrogen) atoms. The van der Waals surface area contributed by atoms with E-state index >= 15 is 0 Å². The molecule has 4 nitrogen and oxygen atoms in total. The van der Waals surface area contributed by atoms with Crippen molar-refractivity contribution in [2.45, 2.75) is 26.2 Å². The number of benzene rings is 1. The van der Waals surface area contributed by atoms with E-state index in [1.165, 1.54) is 0 Å². The molecule has 4 heteroatoms. The molecule has 2 rings (SSSR count). The number of ether oxygens (including phenoxy) is 1. The molecule has 0 aliphatic heterocycles. The largest absolute Gasteiger partial charge is 0.497 e. The fourth-order valence-electron chi connectivity index (χ4n) is 2.14. The van der Waals surface area contributed by atoms with Gasteiger partial charge in [0.05, 0.1) is 12.6 Å². The molecule has 0 radical (unpaired) electrons. The van der Waals surface area contributed by atoms with Gasteiger partial charge in [-0.3, -0.25) is 9.78 Å². The maximum absolute atomic E-state index is 10.5. The molecule has 0 saturated heterocycles. The van der Waals surface area contributed by atoms with Gasteiger partial charge in [-0.1, -0.05) is 0 Å². The number of carboxylic acid groups (broad SMARTS) is 1. The Morgan fingerprint density at radius 1 is 1.37 bits per heavy atom. The predicted molar refractivity (Wildman–Crippen MR) is 73.6 cm³/mol. The first-order valence-electron chi connectivity index (χ1n) is 6.25. The van der Waals surface area contributed by atoms with E-state index in [9.17, 15) is 4.79 Å². The van der Waals surface area contributed by atoms with Gasteiger partial charge >= 0.3 is 5.97 Å². The van der Waals surface area contributed by atoms with Crippen LogP contribution in [0.3, 0.4) is 0 Å². The number of hydrogen-bond acceptors (Lipinski definition) is 3. The summed E-state index contributed by atoms with van der Waals surface area (Å²) in [6.07, 6.45) is 3.37. The molecule has 0 aliphatic carbocycles. The zero-order valence-corrected chi connectivity index (χ0v) is 11.1. The highest BCUT2D eigenvalue weighted by Gasteiger charge is 2.05. The summed E-state index contributed by atoms with van der Waals surface area (Å²) in [5.41, 5.74) is 3.09. The predicted octanol–water partition coefficient (Wildman–Crippen LogP) is 2.96. The van der Waals surface area contributed by atoms with E-state index in [0.717, 1.165) is 34.2 Å². The molecule has 0 unspecified atom stereocenters. The first-order chi connectivity index (χ1) is 9.10. The van der Waals surface area contributed by atoms with Crippen molar-refractivity contribution in [3.63, 3.8) is 0 Å². The van der Waals surface area contributed by atoms with Crippen molar-refractivity contribution in [2.75, 3.05) is 7.11 Å². The smallest absolute Gasteiger partial charge is 0.303 e. The van der Waals surface area contributed by atoms with Gasteiger partial charge in [0.1, 0.15) is 5.75 Å². The summed E-state index contributed by atoms with van der Waals surface area (Å²) in [5, 5.41) is 9.67. The molecular formula is C15H17NO3. The number of aryl methyl sites for hydroxylation is 2. The molecule has 0 fully saturated rings. The second kappa shape index (κ2) is 5.69. The maximum atomic E-state index is 10.5. The van der Waals surface area contributed by atoms with Crippen LogP contribution in [0.2, 0.25) is 0 Å². The van der Waals surface area contributed by atoms with Crippen LogP contribution in [0.15, 0.2) is 24.4 Å². The summed E-state index contributed by atoms with van der Waals surface area (Å²) in [7, 11) is 1.64. The molecule has 0 bridgehead atoms. The van der Waals surface area contributed by atoms with Crippen LogP contribution in [0.5, 0.6) is 5.75 Å². The number of carboxylic acids is 1. The highest BCUT2D eigenvalue weighted by Crippen LogP contribution is 2.24. The van der Waals surface area contributed by atoms with Crippen molar-refractivity contribution in [2.24, 2.45) is 0 Å². The average Bonchev–Trinajstić information content (AvgIpc) is 2.37. The van der Waals surface area contributed by atoms with Crippen LogP contribution in [0.25, 0.3) is 10.9 Å². The average molecular weight is 259 g/mol. The number of nitrogens with zero attached hydrogens (tertiary/aromatic N) is 1. The molecule has 0 amide bonds. The Hall–Kier alpha value is -2.10. The van der Waals surface area contributed by atoms with Gasteiger partial charge in [0, 0.05) is 18.0 Å². The van der Waals surface area contributed by atoms with Gasteiger partial charge in [0.2, 0.25) is 0 Å². The topological polar surface area (TPSA) is 59.4 Å². The number of aliphatic carboxylic acids is 1. The molecule has 0 spiro atoms. The van der Waals surface area contributed by atoms with E-state index < -0.39 is 5.97 Å². The lowest BCUT2D eigenvalue weighted by Gasteiger charge is -2.07. The van der Waals surface area contributed by atoms with Crippen molar-refractivity contribution in [1.82, 2.24) is 4.98 Å². The fourth-order valence-corrected chi connectivity index (χ4v) is 2.14. The van der Waals surface area contributed by atoms with Crippen LogP contribution in [0.4, 0.5) is 0 Å². The SMILES string of the molecule is COc1cc(C)c2ncc(CCCC(=O)O)cc2c1. The number of hydrogen-bond donors (Lipinski definition) is 1. The van der Waals surface area contributed by atoms with Gasteiger partial charge in [-0.25, -0.2) is 0 Å². The molecule has 2 aromatic rings. The fraction of sp³-hybridized carbons (Fsp3) is 0.333. The third-order valence-corrected chi connectivity index (χ3v) is 3.10. The molecule has 1 heterocycles. The Balaban J connectivity index is 2.26. The molecule has 0 atom stereocenters. The molecular weight excluding hydrogens is 242 g/mol. The zero-order chi connectivity index (χ0) is 13.8. The lowest BCUT2D eigenvalue weighted by atomic mass is 10.1. The quantitative estimate of drug-likeness (QED) is 0.896. The van der Waals surface area contributed by atoms with Gasteiger partial charge in [-0.15, -0.1) is 0 Å². The molecule has 1 aromatic heterocycles. The van der Waals surface area contributed by atoms with Crippen LogP contribution in [0.1, 0.15) is 24.0 Å². The van der Waals surface area contributed by atoms with Crippen molar-refractivity contribution in [3.8, 4) is 5.75 Å². The minimum atomic E-state index is -0.758. The highest BCUT2D eigenvalue weighted by molar-refractivity contribution is 5.83. The van der Waals surface area contributed by atoms with Crippen LogP contribution < -0.4 is 4.74 Å². The van der Waals surface area contributed by atoms with Gasteiger partial charge < -0.3 is 9.84 Å². The van der Waals surface area contributed by atoms with Crippen LogP contribution in [-0.2, 0) is 11.2 Å². The summed E-state index contributed by atoms with van der Waals surface area (Å²) in [5.74, 6) is 0.0562. The number of carbonyl (C=O) groups is 1. The Bertz CT molecular complexity index is 608. The summed E-state index contributed by atoms with van der Waals surface area (Å²) in [6, 6.07) is 5.97. The van der Waals surface area contributed by atoms with E-state index in [2.05, 4.69) is 11.1 Å². The molecule has 1 N–H and O–H groups in total. The third kappa shape index (κ3) is 3.22. The minimum absolute atomic E-state index is 0.190. The van der Waals surface area contributed by atoms with Crippen molar-refractivity contribution in [1.29, 1.82) is 0 Å². The van der Waals surface area contributed by atoms with Gasteiger partial charge in [0.15, 0.2) is 0 Å². The Labute approximate surface area is 112 Å². The van der Waals surface area contributed by atoms with Crippen molar-refractivity contribution < 1.29 is 14.6 Å². The zero-order valence-electron chi connectivity index (χ0n) is 11.1. The minimum Gasteiger partial charge on any atom is -0.497 e. The van der Waals surface area contributed by atoms with E-state index in [1.54, 1.807) is 7.11 Å². The number of pyridine rings is 1. The molecule has 100 valence electrons. The van der Waals surface area contributed by atoms with Crippen molar-refractivity contribution >= 4 is 16.9 Å². The van der Waals surface area contributed by atoms with E-state index in [4.69, 9.17) is 9.84 Å². The lowest BCUT2D eigenvalue weighted by Crippen LogP contribution is -1.96. The first kappa shape index (κ1) is 13.3. The summed E-state index contributed by atoms with van der Waals surface area (Å²) >= 11 is 0. The Morgan fingerprint density at radius 2 is 2.16 bits per heavy atom. The maximum Gasteiger partial charge on any atom is 0.303 e. The lowest BCUT2D eigenvalue weighted by molar-refractivity contribution is -0.137. The number of fused-ring (bicyclic) bond motifs is 1. The number of rotatable bonds is 5. The normalized spacial score (nSPS) is 10.6. The van der Waals surface area contributed by atoms with E-state index in [0.29, 0.717) is 6.42 Å². The number of aromatic nitrogens is 1. The first-order valence-corrected chi connectivity index (χ1v) is 6.25. The monoisotopic (exact) mass is 259 g/mol. The second-order valence-corrected chi connectivity index (χ2v) is 4.61. The van der Waals surface area contributed by atoms with Crippen LogP contribution >= 0.6 is 0 Å². The van der Waals surface area contributed by atoms with E-state index in [1.807, 2.05) is 25.3 Å². The van der Waals surface area contributed by atoms with Gasteiger partial charge in [-0.2, -0.15) is 0 Å². The third-order valence-electron chi connectivity index (χ3n) is 3.10. The molecule has 0 aliphatic rings. The molecule has 0 saturated carbocycles. The Morgan fingerprint density at radius 3 is 2.84 bits per heavy atom. The summed E-state index contributed by atoms with van der Waals surface area (Å²) in [6.45, 7) is 2.00. The number of methoxy groups -OCH3 is 1. The standard InChI is InChI=1S/C15H17NO3/c1-10-6-13(19-2)8-12-7-11(9-16-15(10)12)4-3-5-14(17)18/h6-9H,3-5H2,1-2H3,(H,17,18). The van der Waals surface area contributed by atoms with Gasteiger partial charge in [-0.05, 0) is 49.1 Å². The molecule has 1 aromatic carbocycles. The second-order valence-electron chi connectivity index (χ2n) is 4.61. The van der Waals surface area contributed by atoms with Crippen molar-refractivity contribution in [3.05, 3.63) is 35.5 Å². The van der Waals surface area contributed by atoms with Crippen LogP contribution in [0, 0.1) is 6.92 Å². The van der Waals surface area contributed by atoms with E-state index in [-0.39, 0.29) is 6.42 Å².